The van der Waals surface area contributed by atoms with Crippen molar-refractivity contribution in [3.63, 3.8) is 0 Å². The summed E-state index contributed by atoms with van der Waals surface area (Å²) in [6, 6.07) is 4.03. The van der Waals surface area contributed by atoms with Crippen LogP contribution in [0.5, 0.6) is 5.75 Å². The first-order valence-electron chi connectivity index (χ1n) is 10.3. The number of anilines is 1. The summed E-state index contributed by atoms with van der Waals surface area (Å²) >= 11 is 0. The normalized spacial score (nSPS) is 24.6. The molecule has 1 aromatic heterocycles. The predicted octanol–water partition coefficient (Wildman–Crippen LogP) is 4.57. The average Bonchev–Trinajstić information content (AvgIpc) is 3.04. The number of rotatable bonds is 7. The van der Waals surface area contributed by atoms with E-state index in [0.717, 1.165) is 13.0 Å². The minimum Gasteiger partial charge on any atom is -0.431 e. The predicted molar refractivity (Wildman–Crippen MR) is 108 cm³/mol. The highest BCUT2D eigenvalue weighted by Crippen LogP contribution is 2.55. The van der Waals surface area contributed by atoms with E-state index in [4.69, 9.17) is 9.84 Å². The number of carbonyl (C=O) groups excluding carboxylic acids is 1. The molecule has 0 unspecified atom stereocenters. The van der Waals surface area contributed by atoms with Gasteiger partial charge in [-0.1, -0.05) is 13.0 Å². The van der Waals surface area contributed by atoms with Crippen LogP contribution < -0.4 is 10.1 Å². The standard InChI is InChI=1S/C22H21F7N2O4/c1-10-15(13-3-4-14(23)16(24)17(13)34-20(25)26)18(35-21(10,2)22(27,28)29)19(33)31-12-5-7-30-11(9-12)6-8-32/h3-5,7,9-10,15,18,20,32H,6,8H2,1-2H3,(H,30,31,33)/t10-,15-,18+,21+/m0/s1. The minimum atomic E-state index is -5.01. The number of alkyl halides is 5. The minimum absolute atomic E-state index is 0.110. The molecule has 192 valence electrons. The van der Waals surface area contributed by atoms with Gasteiger partial charge in [0.1, 0.15) is 6.10 Å². The Balaban J connectivity index is 2.08. The lowest BCUT2D eigenvalue weighted by Crippen LogP contribution is -2.47. The SMILES string of the molecule is C[C@H]1[C@@H](c2ccc(F)c(F)c2OC(F)F)[C@H](C(=O)Nc2ccnc(CCO)c2)O[C@@]1(C)C(F)(F)F. The van der Waals surface area contributed by atoms with Crippen molar-refractivity contribution in [1.82, 2.24) is 4.98 Å². The number of halogens is 7. The number of carbonyl (C=O) groups is 1. The largest absolute Gasteiger partial charge is 0.431 e. The van der Waals surface area contributed by atoms with Crippen LogP contribution in [0.15, 0.2) is 30.5 Å². The van der Waals surface area contributed by atoms with Crippen molar-refractivity contribution in [3.05, 3.63) is 53.4 Å². The monoisotopic (exact) mass is 510 g/mol. The number of aliphatic hydroxyl groups is 1. The summed E-state index contributed by atoms with van der Waals surface area (Å²) in [6.07, 6.45) is -5.53. The molecule has 2 heterocycles. The van der Waals surface area contributed by atoms with Gasteiger partial charge in [-0.15, -0.1) is 0 Å². The summed E-state index contributed by atoms with van der Waals surface area (Å²) in [5.41, 5.74) is -3.04. The molecule has 2 aromatic rings. The first-order chi connectivity index (χ1) is 16.3. The van der Waals surface area contributed by atoms with Crippen LogP contribution in [-0.4, -0.2) is 47.1 Å². The third-order valence-corrected chi connectivity index (χ3v) is 6.03. The summed E-state index contributed by atoms with van der Waals surface area (Å²) < 4.78 is 105. The van der Waals surface area contributed by atoms with Crippen LogP contribution in [-0.2, 0) is 16.0 Å². The highest BCUT2D eigenvalue weighted by atomic mass is 19.4. The van der Waals surface area contributed by atoms with E-state index in [1.165, 1.54) is 18.3 Å². The Bertz CT molecular complexity index is 1080. The molecule has 1 saturated heterocycles. The molecule has 13 heteroatoms. The van der Waals surface area contributed by atoms with Crippen LogP contribution in [0.1, 0.15) is 31.0 Å². The molecule has 2 N–H and O–H groups in total. The number of aliphatic hydroxyl groups excluding tert-OH is 1. The second-order valence-corrected chi connectivity index (χ2v) is 8.11. The van der Waals surface area contributed by atoms with Gasteiger partial charge in [0.25, 0.3) is 5.91 Å². The lowest BCUT2D eigenvalue weighted by molar-refractivity contribution is -0.272. The Morgan fingerprint density at radius 2 is 1.97 bits per heavy atom. The number of benzene rings is 1. The zero-order valence-corrected chi connectivity index (χ0v) is 18.4. The number of hydrogen-bond donors (Lipinski definition) is 2. The second kappa shape index (κ2) is 9.97. The Morgan fingerprint density at radius 1 is 1.29 bits per heavy atom. The lowest BCUT2D eigenvalue weighted by atomic mass is 9.77. The number of amides is 1. The molecule has 6 nitrogen and oxygen atoms in total. The van der Waals surface area contributed by atoms with Crippen molar-refractivity contribution in [2.75, 3.05) is 11.9 Å². The number of pyridine rings is 1. The van der Waals surface area contributed by atoms with E-state index in [-0.39, 0.29) is 18.7 Å². The van der Waals surface area contributed by atoms with E-state index in [9.17, 15) is 35.5 Å². The van der Waals surface area contributed by atoms with E-state index in [2.05, 4.69) is 15.0 Å². The summed E-state index contributed by atoms with van der Waals surface area (Å²) in [7, 11) is 0. The van der Waals surface area contributed by atoms with Crippen LogP contribution in [0.2, 0.25) is 0 Å². The smallest absolute Gasteiger partial charge is 0.417 e. The molecule has 1 aliphatic heterocycles. The topological polar surface area (TPSA) is 80.7 Å². The maximum absolute atomic E-state index is 14.4. The van der Waals surface area contributed by atoms with Crippen molar-refractivity contribution in [2.45, 2.75) is 50.7 Å². The molecular weight excluding hydrogens is 489 g/mol. The fourth-order valence-corrected chi connectivity index (χ4v) is 4.06. The number of nitrogens with one attached hydrogen (secondary N) is 1. The van der Waals surface area contributed by atoms with Crippen LogP contribution >= 0.6 is 0 Å². The van der Waals surface area contributed by atoms with Crippen molar-refractivity contribution in [3.8, 4) is 5.75 Å². The third-order valence-electron chi connectivity index (χ3n) is 6.03. The molecule has 35 heavy (non-hydrogen) atoms. The van der Waals surface area contributed by atoms with Crippen molar-refractivity contribution >= 4 is 11.6 Å². The Morgan fingerprint density at radius 3 is 2.57 bits per heavy atom. The van der Waals surface area contributed by atoms with E-state index in [1.54, 1.807) is 0 Å². The zero-order valence-electron chi connectivity index (χ0n) is 18.4. The van der Waals surface area contributed by atoms with Crippen LogP contribution in [0, 0.1) is 17.6 Å². The number of aromatic nitrogens is 1. The third kappa shape index (κ3) is 5.20. The Kier molecular flexibility index (Phi) is 7.60. The lowest BCUT2D eigenvalue weighted by Gasteiger charge is -2.32. The van der Waals surface area contributed by atoms with Gasteiger partial charge < -0.3 is 19.9 Å². The van der Waals surface area contributed by atoms with E-state index in [0.29, 0.717) is 18.7 Å². The maximum Gasteiger partial charge on any atom is 0.417 e. The Hall–Kier alpha value is -2.93. The molecule has 0 spiro atoms. The molecule has 0 radical (unpaired) electrons. The molecular formula is C22H21F7N2O4. The second-order valence-electron chi connectivity index (χ2n) is 8.11. The number of nitrogens with zero attached hydrogens (tertiary/aromatic N) is 1. The molecule has 0 bridgehead atoms. The molecule has 1 fully saturated rings. The van der Waals surface area contributed by atoms with Gasteiger partial charge in [-0.3, -0.25) is 9.78 Å². The van der Waals surface area contributed by atoms with E-state index >= 15 is 0 Å². The van der Waals surface area contributed by atoms with Gasteiger partial charge in [0.2, 0.25) is 5.82 Å². The maximum atomic E-state index is 14.4. The molecule has 0 aliphatic carbocycles. The van der Waals surface area contributed by atoms with Crippen LogP contribution in [0.4, 0.5) is 36.4 Å². The van der Waals surface area contributed by atoms with Gasteiger partial charge in [0.15, 0.2) is 17.2 Å². The fraction of sp³-hybridized carbons (Fsp3) is 0.455. The van der Waals surface area contributed by atoms with E-state index in [1.807, 2.05) is 0 Å². The van der Waals surface area contributed by atoms with Crippen molar-refractivity contribution in [2.24, 2.45) is 5.92 Å². The molecule has 1 aliphatic rings. The Labute approximate surface area is 195 Å². The first-order valence-corrected chi connectivity index (χ1v) is 10.3. The van der Waals surface area contributed by atoms with Crippen LogP contribution in [0.3, 0.4) is 0 Å². The summed E-state index contributed by atoms with van der Waals surface area (Å²) in [4.78, 5) is 17.0. The molecule has 3 rings (SSSR count). The average molecular weight is 510 g/mol. The number of hydrogen-bond acceptors (Lipinski definition) is 5. The van der Waals surface area contributed by atoms with E-state index < -0.39 is 65.2 Å². The summed E-state index contributed by atoms with van der Waals surface area (Å²) in [6.45, 7) is -2.13. The van der Waals surface area contributed by atoms with Gasteiger partial charge in [-0.25, -0.2) is 4.39 Å². The zero-order chi connectivity index (χ0) is 26.1. The summed E-state index contributed by atoms with van der Waals surface area (Å²) in [5.74, 6) is -9.06. The number of ether oxygens (including phenoxy) is 2. The van der Waals surface area contributed by atoms with Crippen molar-refractivity contribution < 1.29 is 50.1 Å². The van der Waals surface area contributed by atoms with Crippen LogP contribution in [0.25, 0.3) is 0 Å². The first kappa shape index (κ1) is 26.7. The van der Waals surface area contributed by atoms with Gasteiger partial charge in [-0.05, 0) is 25.1 Å². The highest BCUT2D eigenvalue weighted by molar-refractivity contribution is 5.95. The van der Waals surface area contributed by atoms with Gasteiger partial charge in [0.05, 0.1) is 0 Å². The molecule has 4 atom stereocenters. The van der Waals surface area contributed by atoms with Gasteiger partial charge in [0, 0.05) is 48.0 Å². The highest BCUT2D eigenvalue weighted by Gasteiger charge is 2.66. The molecule has 1 aromatic carbocycles. The molecule has 1 amide bonds. The van der Waals surface area contributed by atoms with Crippen molar-refractivity contribution in [1.29, 1.82) is 0 Å². The van der Waals surface area contributed by atoms with Gasteiger partial charge >= 0.3 is 12.8 Å². The quantitative estimate of drug-likeness (QED) is 0.534. The summed E-state index contributed by atoms with van der Waals surface area (Å²) in [5, 5.41) is 11.4. The molecule has 0 saturated carbocycles. The van der Waals surface area contributed by atoms with Gasteiger partial charge in [-0.2, -0.15) is 26.3 Å². The fourth-order valence-electron chi connectivity index (χ4n) is 4.06.